The van der Waals surface area contributed by atoms with Gasteiger partial charge in [0.25, 0.3) is 5.92 Å². The lowest BCUT2D eigenvalue weighted by Crippen LogP contribution is -2.51. The van der Waals surface area contributed by atoms with Crippen LogP contribution in [0.2, 0.25) is 0 Å². The highest BCUT2D eigenvalue weighted by Crippen LogP contribution is 2.35. The first-order chi connectivity index (χ1) is 9.76. The van der Waals surface area contributed by atoms with Gasteiger partial charge in [0.1, 0.15) is 18.5 Å². The van der Waals surface area contributed by atoms with E-state index in [0.29, 0.717) is 0 Å². The van der Waals surface area contributed by atoms with Crippen molar-refractivity contribution in [1.82, 2.24) is 5.32 Å². The van der Waals surface area contributed by atoms with Gasteiger partial charge in [0, 0.05) is 12.0 Å². The van der Waals surface area contributed by atoms with Crippen LogP contribution in [0.5, 0.6) is 0 Å². The molecule has 1 atom stereocenters. The normalized spacial score (nSPS) is 14.5. The Morgan fingerprint density at radius 1 is 1.33 bits per heavy atom. The van der Waals surface area contributed by atoms with Gasteiger partial charge in [-0.25, -0.2) is 13.2 Å². The number of hydrogen-bond acceptors (Lipinski definition) is 3. The molecule has 1 rings (SSSR count). The number of benzene rings is 1. The molecule has 1 aromatic carbocycles. The van der Waals surface area contributed by atoms with Crippen molar-refractivity contribution in [1.29, 1.82) is 0 Å². The number of carbonyl (C=O) groups excluding carboxylic acids is 1. The van der Waals surface area contributed by atoms with Gasteiger partial charge in [-0.15, -0.1) is 0 Å². The summed E-state index contributed by atoms with van der Waals surface area (Å²) in [6.07, 6.45) is -2.77. The van der Waals surface area contributed by atoms with Crippen molar-refractivity contribution in [3.63, 3.8) is 0 Å². The SMILES string of the molecule is CC[C@@](CCC(F)(F)CO)(NC(=O)[O-])c1ccccc1F. The third-order valence-corrected chi connectivity index (χ3v) is 3.48. The number of amides is 1. The van der Waals surface area contributed by atoms with Crippen LogP contribution >= 0.6 is 0 Å². The molecule has 0 fully saturated rings. The molecule has 0 spiro atoms. The number of carboxylic acid groups (broad SMARTS) is 1. The zero-order chi connectivity index (χ0) is 16.1. The molecule has 0 bridgehead atoms. The van der Waals surface area contributed by atoms with E-state index in [0.717, 1.165) is 6.07 Å². The molecule has 4 nitrogen and oxygen atoms in total. The van der Waals surface area contributed by atoms with Crippen molar-refractivity contribution in [2.24, 2.45) is 0 Å². The van der Waals surface area contributed by atoms with Crippen molar-refractivity contribution >= 4 is 6.09 Å². The summed E-state index contributed by atoms with van der Waals surface area (Å²) in [6, 6.07) is 5.37. The average Bonchev–Trinajstić information content (AvgIpc) is 2.44. The number of rotatable bonds is 7. The fraction of sp³-hybridized carbons (Fsp3) is 0.500. The molecule has 118 valence electrons. The van der Waals surface area contributed by atoms with E-state index in [4.69, 9.17) is 5.11 Å². The zero-order valence-corrected chi connectivity index (χ0v) is 11.5. The van der Waals surface area contributed by atoms with E-state index in [2.05, 4.69) is 0 Å². The molecule has 0 aliphatic heterocycles. The third-order valence-electron chi connectivity index (χ3n) is 3.48. The molecule has 2 N–H and O–H groups in total. The van der Waals surface area contributed by atoms with Crippen molar-refractivity contribution < 1.29 is 28.2 Å². The van der Waals surface area contributed by atoms with Crippen LogP contribution in [-0.4, -0.2) is 23.7 Å². The van der Waals surface area contributed by atoms with Crippen molar-refractivity contribution in [3.8, 4) is 0 Å². The molecule has 0 aliphatic carbocycles. The van der Waals surface area contributed by atoms with E-state index in [1.54, 1.807) is 6.92 Å². The molecule has 0 saturated heterocycles. The van der Waals surface area contributed by atoms with E-state index in [1.807, 2.05) is 5.32 Å². The Morgan fingerprint density at radius 3 is 2.43 bits per heavy atom. The quantitative estimate of drug-likeness (QED) is 0.806. The Labute approximate surface area is 120 Å². The topological polar surface area (TPSA) is 72.4 Å². The predicted octanol–water partition coefficient (Wildman–Crippen LogP) is 1.77. The largest absolute Gasteiger partial charge is 0.530 e. The smallest absolute Gasteiger partial charge is 0.270 e. The van der Waals surface area contributed by atoms with Crippen LogP contribution in [0.4, 0.5) is 18.0 Å². The molecule has 21 heavy (non-hydrogen) atoms. The summed E-state index contributed by atoms with van der Waals surface area (Å²) < 4.78 is 40.4. The van der Waals surface area contributed by atoms with Gasteiger partial charge in [-0.05, 0) is 18.9 Å². The molecule has 7 heteroatoms. The average molecular weight is 304 g/mol. The summed E-state index contributed by atoms with van der Waals surface area (Å²) in [5.74, 6) is -4.06. The number of halogens is 3. The highest BCUT2D eigenvalue weighted by Gasteiger charge is 2.37. The van der Waals surface area contributed by atoms with E-state index >= 15 is 0 Å². The number of hydrogen-bond donors (Lipinski definition) is 2. The van der Waals surface area contributed by atoms with Crippen molar-refractivity contribution in [2.75, 3.05) is 6.61 Å². The van der Waals surface area contributed by atoms with Crippen LogP contribution in [-0.2, 0) is 5.54 Å². The Bertz CT molecular complexity index is 496. The number of nitrogens with one attached hydrogen (secondary N) is 1. The predicted molar refractivity (Wildman–Crippen MR) is 68.2 cm³/mol. The number of carbonyl (C=O) groups is 1. The van der Waals surface area contributed by atoms with Crippen LogP contribution < -0.4 is 10.4 Å². The van der Waals surface area contributed by atoms with Gasteiger partial charge in [0.15, 0.2) is 0 Å². The molecule has 0 heterocycles. The van der Waals surface area contributed by atoms with Crippen LogP contribution in [0, 0.1) is 5.82 Å². The summed E-state index contributed by atoms with van der Waals surface area (Å²) in [5.41, 5.74) is -1.55. The van der Waals surface area contributed by atoms with Gasteiger partial charge in [0.05, 0.1) is 5.54 Å². The molecule has 0 saturated carbocycles. The monoisotopic (exact) mass is 304 g/mol. The highest BCUT2D eigenvalue weighted by atomic mass is 19.3. The minimum Gasteiger partial charge on any atom is -0.530 e. The molecule has 1 amide bonds. The van der Waals surface area contributed by atoms with E-state index in [9.17, 15) is 23.1 Å². The summed E-state index contributed by atoms with van der Waals surface area (Å²) >= 11 is 0. The standard InChI is InChI=1S/C14H18F3NO3/c1-2-13(18-12(20)21,7-8-14(16,17)9-19)10-5-3-4-6-11(10)15/h3-6,18-19H,2,7-9H2,1H3,(H,20,21)/p-1/t13-/m0/s1. The highest BCUT2D eigenvalue weighted by molar-refractivity contribution is 5.63. The van der Waals surface area contributed by atoms with Crippen LogP contribution in [0.3, 0.4) is 0 Å². The molecular formula is C14H17F3NO3-. The Kier molecular flexibility index (Phi) is 5.60. The maximum atomic E-state index is 13.9. The third kappa shape index (κ3) is 4.35. The van der Waals surface area contributed by atoms with Gasteiger partial charge in [0.2, 0.25) is 0 Å². The first-order valence-electron chi connectivity index (χ1n) is 6.49. The summed E-state index contributed by atoms with van der Waals surface area (Å²) in [4.78, 5) is 10.9. The van der Waals surface area contributed by atoms with E-state index in [-0.39, 0.29) is 18.4 Å². The van der Waals surface area contributed by atoms with Gasteiger partial charge in [-0.3, -0.25) is 0 Å². The molecule has 0 aromatic heterocycles. The minimum atomic E-state index is -3.36. The second-order valence-electron chi connectivity index (χ2n) is 4.84. The van der Waals surface area contributed by atoms with Gasteiger partial charge in [-0.1, -0.05) is 25.1 Å². The van der Waals surface area contributed by atoms with Crippen molar-refractivity contribution in [3.05, 3.63) is 35.6 Å². The molecule has 0 unspecified atom stereocenters. The lowest BCUT2D eigenvalue weighted by atomic mass is 9.82. The minimum absolute atomic E-state index is 0.0227. The van der Waals surface area contributed by atoms with Crippen molar-refractivity contribution in [2.45, 2.75) is 37.6 Å². The summed E-state index contributed by atoms with van der Waals surface area (Å²) in [7, 11) is 0. The maximum Gasteiger partial charge on any atom is 0.270 e. The van der Waals surface area contributed by atoms with Gasteiger partial charge in [-0.2, -0.15) is 0 Å². The fourth-order valence-corrected chi connectivity index (χ4v) is 2.24. The van der Waals surface area contributed by atoms with E-state index in [1.165, 1.54) is 18.2 Å². The lowest BCUT2D eigenvalue weighted by molar-refractivity contribution is -0.253. The first-order valence-corrected chi connectivity index (χ1v) is 6.49. The van der Waals surface area contributed by atoms with Gasteiger partial charge >= 0.3 is 0 Å². The summed E-state index contributed by atoms with van der Waals surface area (Å²) in [6.45, 7) is 0.203. The maximum absolute atomic E-state index is 13.9. The molecule has 1 aromatic rings. The zero-order valence-electron chi connectivity index (χ0n) is 11.5. The second kappa shape index (κ2) is 6.80. The van der Waals surface area contributed by atoms with E-state index < -0.39 is 36.4 Å². The van der Waals surface area contributed by atoms with Crippen LogP contribution in [0.15, 0.2) is 24.3 Å². The number of aliphatic hydroxyl groups excluding tert-OH is 1. The summed E-state index contributed by atoms with van der Waals surface area (Å²) in [5, 5.41) is 21.5. The first kappa shape index (κ1) is 17.3. The number of aliphatic hydroxyl groups is 1. The molecule has 0 aliphatic rings. The second-order valence-corrected chi connectivity index (χ2v) is 4.84. The van der Waals surface area contributed by atoms with Crippen LogP contribution in [0.25, 0.3) is 0 Å². The Morgan fingerprint density at radius 2 is 1.95 bits per heavy atom. The molecule has 0 radical (unpaired) electrons. The van der Waals surface area contributed by atoms with Gasteiger partial charge < -0.3 is 20.3 Å². The number of alkyl halides is 2. The lowest BCUT2D eigenvalue weighted by Gasteiger charge is -2.37. The van der Waals surface area contributed by atoms with Crippen LogP contribution in [0.1, 0.15) is 31.7 Å². The Hall–Kier alpha value is -1.76. The fourth-order valence-electron chi connectivity index (χ4n) is 2.24. The molecular weight excluding hydrogens is 287 g/mol. The Balaban J connectivity index is 3.16.